The maximum atomic E-state index is 14.8. The summed E-state index contributed by atoms with van der Waals surface area (Å²) in [4.78, 5) is 34.2. The molecule has 12 aromatic rings. The van der Waals surface area contributed by atoms with Gasteiger partial charge in [-0.1, -0.05) is 164 Å². The second-order valence-electron chi connectivity index (χ2n) is 18.5. The molecule has 0 unspecified atom stereocenters. The van der Waals surface area contributed by atoms with Crippen molar-refractivity contribution >= 4 is 83.6 Å². The van der Waals surface area contributed by atoms with Crippen LogP contribution in [0.5, 0.6) is 0 Å². The van der Waals surface area contributed by atoms with Crippen LogP contribution < -0.4 is 9.80 Å². The predicted molar refractivity (Wildman–Crippen MR) is 311 cm³/mol. The Morgan fingerprint density at radius 2 is 0.787 bits per heavy atom. The van der Waals surface area contributed by atoms with Crippen molar-refractivity contribution < 1.29 is 9.59 Å². The van der Waals surface area contributed by atoms with E-state index in [-0.39, 0.29) is 11.6 Å². The molecule has 0 aliphatic rings. The normalized spacial score (nSPS) is 11.7. The Balaban J connectivity index is 0.888. The van der Waals surface area contributed by atoms with Gasteiger partial charge in [0.25, 0.3) is 0 Å². The number of ketones is 2. The monoisotopic (exact) mass is 966 g/mol. The first-order chi connectivity index (χ1) is 37.0. The molecule has 0 amide bonds. The average molecular weight is 967 g/mol. The van der Waals surface area contributed by atoms with Gasteiger partial charge >= 0.3 is 0 Å². The van der Waals surface area contributed by atoms with Gasteiger partial charge in [0, 0.05) is 77.9 Å². The molecule has 6 nitrogen and oxygen atoms in total. The highest BCUT2D eigenvalue weighted by atomic mass is 16.1. The maximum absolute atomic E-state index is 14.8. The van der Waals surface area contributed by atoms with Crippen LogP contribution in [0.3, 0.4) is 0 Å². The molecule has 0 atom stereocenters. The first kappa shape index (κ1) is 46.1. The van der Waals surface area contributed by atoms with Crippen molar-refractivity contribution in [2.75, 3.05) is 9.80 Å². The van der Waals surface area contributed by atoms with E-state index in [1.807, 2.05) is 103 Å². The number of para-hydroxylation sites is 7. The van der Waals surface area contributed by atoms with E-state index in [1.165, 1.54) is 0 Å². The number of aromatic nitrogens is 2. The number of allylic oxidation sites excluding steroid dienone is 5. The van der Waals surface area contributed by atoms with Crippen molar-refractivity contribution in [2.24, 2.45) is 0 Å². The Hall–Kier alpha value is -10.0. The molecule has 358 valence electrons. The highest BCUT2D eigenvalue weighted by Gasteiger charge is 2.24. The molecule has 2 aromatic heterocycles. The first-order valence-electron chi connectivity index (χ1n) is 25.1. The lowest BCUT2D eigenvalue weighted by Gasteiger charge is -2.26. The third kappa shape index (κ3) is 8.40. The van der Waals surface area contributed by atoms with E-state index in [4.69, 9.17) is 0 Å². The summed E-state index contributed by atoms with van der Waals surface area (Å²) in [5.74, 6) is -0.278. The number of nitrogens with zero attached hydrogens (tertiary/aromatic N) is 4. The smallest absolute Gasteiger partial charge is 0.195 e. The van der Waals surface area contributed by atoms with Crippen molar-refractivity contribution in [1.82, 2.24) is 9.13 Å². The first-order valence-corrected chi connectivity index (χ1v) is 25.1. The number of fused-ring (bicyclic) bond motifs is 6. The Kier molecular flexibility index (Phi) is 12.2. The molecule has 2 heterocycles. The molecule has 0 aliphatic heterocycles. The fourth-order valence-electron chi connectivity index (χ4n) is 10.6. The molecule has 75 heavy (non-hydrogen) atoms. The van der Waals surface area contributed by atoms with Gasteiger partial charge in [0.1, 0.15) is 0 Å². The third-order valence-electron chi connectivity index (χ3n) is 14.0. The van der Waals surface area contributed by atoms with Crippen molar-refractivity contribution in [3.8, 4) is 11.4 Å². The molecular weight excluding hydrogens is 917 g/mol. The minimum Gasteiger partial charge on any atom is -0.314 e. The molecule has 0 saturated heterocycles. The van der Waals surface area contributed by atoms with Crippen LogP contribution in [-0.2, 0) is 0 Å². The molecule has 0 bridgehead atoms. The molecule has 0 saturated carbocycles. The van der Waals surface area contributed by atoms with Gasteiger partial charge in [0.2, 0.25) is 0 Å². The zero-order chi connectivity index (χ0) is 50.8. The molecule has 0 spiro atoms. The predicted octanol–water partition coefficient (Wildman–Crippen LogP) is 17.6. The van der Waals surface area contributed by atoms with E-state index in [1.54, 1.807) is 30.3 Å². The summed E-state index contributed by atoms with van der Waals surface area (Å²) in [6.45, 7) is 5.94. The lowest BCUT2D eigenvalue weighted by molar-refractivity contribution is 0.102. The van der Waals surface area contributed by atoms with Crippen LogP contribution in [0.25, 0.3) is 55.0 Å². The second-order valence-corrected chi connectivity index (χ2v) is 18.5. The largest absolute Gasteiger partial charge is 0.314 e. The van der Waals surface area contributed by atoms with Crippen LogP contribution in [0, 0.1) is 0 Å². The van der Waals surface area contributed by atoms with Gasteiger partial charge in [-0.3, -0.25) is 9.59 Å². The van der Waals surface area contributed by atoms with Crippen LogP contribution in [0.1, 0.15) is 38.8 Å². The molecule has 0 N–H and O–H groups in total. The SMILES string of the molecule is C=C/C=C\C=C(/C)N(c1ccccc1)c1ccc2c(c1)c1ccccc1n2-c1ccccc1C(=O)c1ccc(C(=O)c2ccccc2-n2c3ccccc3c3cc(N(c4ccccc4)c4ccccc4)ccc32)cc1. The fourth-order valence-corrected chi connectivity index (χ4v) is 10.6. The van der Waals surface area contributed by atoms with Gasteiger partial charge in [0.15, 0.2) is 11.6 Å². The van der Waals surface area contributed by atoms with Crippen molar-refractivity contribution in [2.45, 2.75) is 6.92 Å². The summed E-state index contributed by atoms with van der Waals surface area (Å²) < 4.78 is 4.39. The summed E-state index contributed by atoms with van der Waals surface area (Å²) in [6.07, 6.45) is 7.77. The minimum absolute atomic E-state index is 0.138. The van der Waals surface area contributed by atoms with E-state index in [0.717, 1.165) is 89.1 Å². The zero-order valence-corrected chi connectivity index (χ0v) is 41.3. The number of carbonyl (C=O) groups excluding carboxylic acids is 2. The molecule has 0 fully saturated rings. The standard InChI is InChI=1S/C69H50N4O2/c1-3-4-8-23-48(2)70(51-24-9-5-10-25-51)54-42-44-66-60(46-54)56-30-15-19-34-62(56)72(66)64-36-21-17-32-58(64)68(74)49-38-40-50(41-39-49)69(75)59-33-18-22-37-65(59)73-63-35-20-16-31-57(63)61-47-55(43-45-67(61)73)71(52-26-11-6-12-27-52)53-28-13-7-14-29-53/h3-47H,1H2,2H3/b8-4-,48-23+. The highest BCUT2D eigenvalue weighted by molar-refractivity contribution is 6.17. The van der Waals surface area contributed by atoms with Gasteiger partial charge < -0.3 is 18.9 Å². The zero-order valence-electron chi connectivity index (χ0n) is 41.3. The van der Waals surface area contributed by atoms with Gasteiger partial charge in [-0.2, -0.15) is 0 Å². The maximum Gasteiger partial charge on any atom is 0.195 e. The second kappa shape index (κ2) is 19.9. The molecule has 10 aromatic carbocycles. The van der Waals surface area contributed by atoms with E-state index in [0.29, 0.717) is 22.3 Å². The number of benzene rings is 10. The summed E-state index contributed by atoms with van der Waals surface area (Å²) >= 11 is 0. The minimum atomic E-state index is -0.140. The number of carbonyl (C=O) groups is 2. The summed E-state index contributed by atoms with van der Waals surface area (Å²) in [6, 6.07) is 83.6. The van der Waals surface area contributed by atoms with Gasteiger partial charge in [-0.05, 0) is 122 Å². The number of hydrogen-bond acceptors (Lipinski definition) is 4. The lowest BCUT2D eigenvalue weighted by atomic mass is 9.97. The van der Waals surface area contributed by atoms with Crippen LogP contribution in [0.4, 0.5) is 28.4 Å². The Labute approximate surface area is 435 Å². The van der Waals surface area contributed by atoms with Crippen LogP contribution in [0.15, 0.2) is 285 Å². The quantitative estimate of drug-likeness (QED) is 0.0805. The number of rotatable bonds is 14. The third-order valence-corrected chi connectivity index (χ3v) is 14.0. The van der Waals surface area contributed by atoms with E-state index in [2.05, 4.69) is 172 Å². The number of anilines is 5. The Morgan fingerprint density at radius 3 is 1.28 bits per heavy atom. The van der Waals surface area contributed by atoms with Crippen molar-refractivity contribution in [1.29, 1.82) is 0 Å². The summed E-state index contributed by atoms with van der Waals surface area (Å²) in [5, 5.41) is 4.29. The van der Waals surface area contributed by atoms with Crippen LogP contribution >= 0.6 is 0 Å². The average Bonchev–Trinajstić information content (AvgIpc) is 3.98. The molecule has 6 heteroatoms. The molecular formula is C69H50N4O2. The van der Waals surface area contributed by atoms with E-state index < -0.39 is 0 Å². The van der Waals surface area contributed by atoms with Gasteiger partial charge in [-0.15, -0.1) is 0 Å². The van der Waals surface area contributed by atoms with Crippen LogP contribution in [0.2, 0.25) is 0 Å². The Morgan fingerprint density at radius 1 is 0.387 bits per heavy atom. The molecule has 12 rings (SSSR count). The highest BCUT2D eigenvalue weighted by Crippen LogP contribution is 2.42. The summed E-state index contributed by atoms with van der Waals surface area (Å²) in [7, 11) is 0. The van der Waals surface area contributed by atoms with Gasteiger partial charge in [-0.25, -0.2) is 0 Å². The topological polar surface area (TPSA) is 50.5 Å². The van der Waals surface area contributed by atoms with E-state index in [9.17, 15) is 9.59 Å². The summed E-state index contributed by atoms with van der Waals surface area (Å²) in [5.41, 5.74) is 13.8. The van der Waals surface area contributed by atoms with E-state index >= 15 is 0 Å². The Bertz CT molecular complexity index is 4150. The molecule has 0 aliphatic carbocycles. The van der Waals surface area contributed by atoms with Crippen molar-refractivity contribution in [3.05, 3.63) is 308 Å². The fraction of sp³-hybridized carbons (Fsp3) is 0.0145. The molecule has 0 radical (unpaired) electrons. The van der Waals surface area contributed by atoms with Gasteiger partial charge in [0.05, 0.1) is 33.4 Å². The van der Waals surface area contributed by atoms with Crippen molar-refractivity contribution in [3.63, 3.8) is 0 Å². The number of hydrogen-bond donors (Lipinski definition) is 0. The lowest BCUT2D eigenvalue weighted by Crippen LogP contribution is -2.14. The van der Waals surface area contributed by atoms with Crippen LogP contribution in [-0.4, -0.2) is 20.7 Å².